The van der Waals surface area contributed by atoms with Gasteiger partial charge < -0.3 is 4.74 Å². The van der Waals surface area contributed by atoms with E-state index in [1.54, 1.807) is 0 Å². The Labute approximate surface area is 109 Å². The van der Waals surface area contributed by atoms with Gasteiger partial charge in [0.1, 0.15) is 0 Å². The van der Waals surface area contributed by atoms with Crippen LogP contribution in [0, 0.1) is 0 Å². The number of hydrogen-bond acceptors (Lipinski definition) is 4. The van der Waals surface area contributed by atoms with Crippen LogP contribution in [0.15, 0.2) is 41.3 Å². The second kappa shape index (κ2) is 5.34. The molecule has 2 aliphatic rings. The molecule has 3 rings (SSSR count). The van der Waals surface area contributed by atoms with Crippen molar-refractivity contribution in [2.24, 2.45) is 0 Å². The minimum atomic E-state index is -0.401. The summed E-state index contributed by atoms with van der Waals surface area (Å²) in [4.78, 5) is 25.6. The van der Waals surface area contributed by atoms with Crippen molar-refractivity contribution >= 4 is 5.91 Å². The predicted octanol–water partition coefficient (Wildman–Crippen LogP) is 1.01. The fourth-order valence-corrected chi connectivity index (χ4v) is 1.47. The van der Waals surface area contributed by atoms with Crippen LogP contribution in [0.5, 0.6) is 6.01 Å². The number of ether oxygens (including phenoxy) is 1. The van der Waals surface area contributed by atoms with E-state index in [9.17, 15) is 9.59 Å². The molecule has 0 atom stereocenters. The first kappa shape index (κ1) is 12.8. The number of nitrogens with one attached hydrogen (secondary N) is 1. The highest BCUT2D eigenvalue weighted by Crippen LogP contribution is 2.32. The maximum atomic E-state index is 11.2. The van der Waals surface area contributed by atoms with Crippen LogP contribution in [-0.2, 0) is 4.79 Å². The fraction of sp³-hybridized carbons (Fsp3) is 0.154. The molecule has 1 amide bonds. The van der Waals surface area contributed by atoms with Gasteiger partial charge in [-0.15, -0.1) is 0 Å². The van der Waals surface area contributed by atoms with Gasteiger partial charge in [-0.2, -0.15) is 4.68 Å². The Balaban J connectivity index is 0.000000180. The minimum absolute atomic E-state index is 0.0442. The van der Waals surface area contributed by atoms with Crippen molar-refractivity contribution in [3.05, 3.63) is 46.9 Å². The molecule has 0 saturated heterocycles. The molecule has 0 fully saturated rings. The van der Waals surface area contributed by atoms with Crippen LogP contribution in [-0.4, -0.2) is 22.7 Å². The van der Waals surface area contributed by atoms with Crippen LogP contribution in [0.3, 0.4) is 0 Å². The monoisotopic (exact) mass is 259 g/mol. The average molecular weight is 259 g/mol. The molecule has 0 radical (unpaired) electrons. The normalized spacial score (nSPS) is 10.0. The number of rotatable bonds is 2. The highest BCUT2D eigenvalue weighted by atomic mass is 16.5. The van der Waals surface area contributed by atoms with Gasteiger partial charge in [-0.3, -0.25) is 15.0 Å². The third kappa shape index (κ3) is 3.19. The number of aromatic nitrogens is 2. The minimum Gasteiger partial charge on any atom is -0.467 e. The topological polar surface area (TPSA) is 73.2 Å². The highest BCUT2D eigenvalue weighted by Gasteiger charge is 2.07. The van der Waals surface area contributed by atoms with Crippen molar-refractivity contribution in [3.63, 3.8) is 0 Å². The summed E-state index contributed by atoms with van der Waals surface area (Å²) in [7, 11) is 1.36. The van der Waals surface area contributed by atoms with Crippen LogP contribution in [0.2, 0.25) is 0 Å². The zero-order valence-corrected chi connectivity index (χ0v) is 10.6. The molecule has 0 bridgehead atoms. The molecular formula is C13H13N3O3. The fourth-order valence-electron chi connectivity index (χ4n) is 1.47. The summed E-state index contributed by atoms with van der Waals surface area (Å²) in [6.45, 7) is 1.29. The summed E-state index contributed by atoms with van der Waals surface area (Å²) in [5.41, 5.74) is 4.72. The summed E-state index contributed by atoms with van der Waals surface area (Å²) in [5, 5.41) is 0. The average Bonchev–Trinajstić information content (AvgIpc) is 2.99. The number of carbonyl (C=O) groups is 1. The molecule has 1 aromatic rings. The predicted molar refractivity (Wildman–Crippen MR) is 70.5 cm³/mol. The second-order valence-electron chi connectivity index (χ2n) is 3.85. The van der Waals surface area contributed by atoms with E-state index in [0.29, 0.717) is 0 Å². The molecule has 0 unspecified atom stereocenters. The molecule has 1 heterocycles. The highest BCUT2D eigenvalue weighted by molar-refractivity contribution is 5.81. The molecule has 19 heavy (non-hydrogen) atoms. The summed E-state index contributed by atoms with van der Waals surface area (Å²) in [6.07, 6.45) is 1.31. The van der Waals surface area contributed by atoms with Crippen molar-refractivity contribution in [3.8, 4) is 17.1 Å². The Morgan fingerprint density at radius 1 is 1.32 bits per heavy atom. The second-order valence-corrected chi connectivity index (χ2v) is 3.85. The molecule has 1 aromatic heterocycles. The lowest BCUT2D eigenvalue weighted by Crippen LogP contribution is -2.32. The molecule has 2 aliphatic carbocycles. The number of fused-ring (bicyclic) bond motifs is 1. The summed E-state index contributed by atoms with van der Waals surface area (Å²) in [6, 6.07) is 9.75. The van der Waals surface area contributed by atoms with Crippen LogP contribution >= 0.6 is 0 Å². The van der Waals surface area contributed by atoms with Crippen LogP contribution in [0.25, 0.3) is 11.1 Å². The van der Waals surface area contributed by atoms with Crippen molar-refractivity contribution in [1.82, 2.24) is 9.66 Å². The Bertz CT molecular complexity index is 647. The first-order chi connectivity index (χ1) is 9.11. The van der Waals surface area contributed by atoms with E-state index >= 15 is 0 Å². The number of hydrogen-bond donors (Lipinski definition) is 1. The largest absolute Gasteiger partial charge is 0.467 e. The van der Waals surface area contributed by atoms with Gasteiger partial charge in [0.15, 0.2) is 0 Å². The molecule has 98 valence electrons. The van der Waals surface area contributed by atoms with E-state index in [-0.39, 0.29) is 11.9 Å². The molecule has 0 spiro atoms. The van der Waals surface area contributed by atoms with Gasteiger partial charge in [0.05, 0.1) is 7.11 Å². The van der Waals surface area contributed by atoms with Gasteiger partial charge in [0.25, 0.3) is 5.56 Å². The number of nitrogens with zero attached hydrogens (tertiary/aromatic N) is 2. The quantitative estimate of drug-likeness (QED) is 0.745. The molecule has 1 N–H and O–H groups in total. The Hall–Kier alpha value is -2.63. The molecule has 0 aromatic carbocycles. The van der Waals surface area contributed by atoms with E-state index < -0.39 is 5.56 Å². The Morgan fingerprint density at radius 2 is 2.00 bits per heavy atom. The zero-order valence-electron chi connectivity index (χ0n) is 10.6. The van der Waals surface area contributed by atoms with Crippen LogP contribution < -0.4 is 15.7 Å². The first-order valence-corrected chi connectivity index (χ1v) is 5.62. The van der Waals surface area contributed by atoms with E-state index in [1.807, 2.05) is 0 Å². The lowest BCUT2D eigenvalue weighted by Gasteiger charge is -2.08. The van der Waals surface area contributed by atoms with Gasteiger partial charge in [-0.05, 0) is 17.2 Å². The third-order valence-electron chi connectivity index (χ3n) is 2.38. The molecule has 6 nitrogen and oxygen atoms in total. The maximum Gasteiger partial charge on any atom is 0.318 e. The van der Waals surface area contributed by atoms with Gasteiger partial charge in [0.2, 0.25) is 5.91 Å². The van der Waals surface area contributed by atoms with E-state index in [0.717, 1.165) is 4.68 Å². The zero-order chi connectivity index (χ0) is 13.8. The van der Waals surface area contributed by atoms with E-state index in [4.69, 9.17) is 4.74 Å². The number of carbonyl (C=O) groups excluding carboxylic acids is 1. The van der Waals surface area contributed by atoms with Crippen LogP contribution in [0.4, 0.5) is 0 Å². The molecule has 6 heteroatoms. The van der Waals surface area contributed by atoms with Crippen molar-refractivity contribution in [2.45, 2.75) is 6.92 Å². The third-order valence-corrected chi connectivity index (χ3v) is 2.38. The first-order valence-electron chi connectivity index (χ1n) is 5.62. The lowest BCUT2D eigenvalue weighted by atomic mass is 10.6. The maximum absolute atomic E-state index is 11.2. The SMILES string of the molecule is COc1nccc(=O)n1NC(C)=O.c1cc2cc-2c1. The Kier molecular flexibility index (Phi) is 3.61. The van der Waals surface area contributed by atoms with Crippen LogP contribution in [0.1, 0.15) is 6.92 Å². The summed E-state index contributed by atoms with van der Waals surface area (Å²) in [5.74, 6) is -0.367. The van der Waals surface area contributed by atoms with Crippen molar-refractivity contribution < 1.29 is 9.53 Å². The number of methoxy groups -OCH3 is 1. The van der Waals surface area contributed by atoms with Gasteiger partial charge in [0, 0.05) is 19.2 Å². The van der Waals surface area contributed by atoms with Gasteiger partial charge >= 0.3 is 6.01 Å². The van der Waals surface area contributed by atoms with E-state index in [1.165, 1.54) is 37.4 Å². The standard InChI is InChI=1S/C7H9N3O3.C6H4/c1-5(11)9-10-6(12)3-4-8-7(10)13-2;1-2-5-4-6(5)3-1/h3-4H,1-2H3,(H,9,11);1-4H. The lowest BCUT2D eigenvalue weighted by molar-refractivity contribution is -0.115. The Morgan fingerprint density at radius 3 is 2.42 bits per heavy atom. The molecule has 0 saturated carbocycles. The summed E-state index contributed by atoms with van der Waals surface area (Å²) >= 11 is 0. The number of amides is 1. The van der Waals surface area contributed by atoms with Crippen molar-refractivity contribution in [1.29, 1.82) is 0 Å². The molecular weight excluding hydrogens is 246 g/mol. The van der Waals surface area contributed by atoms with E-state index in [2.05, 4.69) is 34.7 Å². The molecule has 0 aliphatic heterocycles. The summed E-state index contributed by atoms with van der Waals surface area (Å²) < 4.78 is 5.70. The number of benzene rings is 1. The van der Waals surface area contributed by atoms with Crippen molar-refractivity contribution in [2.75, 3.05) is 12.5 Å². The van der Waals surface area contributed by atoms with Gasteiger partial charge in [-0.25, -0.2) is 4.98 Å². The smallest absolute Gasteiger partial charge is 0.318 e. The van der Waals surface area contributed by atoms with Gasteiger partial charge in [-0.1, -0.05) is 18.2 Å².